The third kappa shape index (κ3) is 4.78. The molecule has 0 unspecified atom stereocenters. The molecule has 1 atom stereocenters. The van der Waals surface area contributed by atoms with Crippen LogP contribution in [0.4, 0.5) is 10.1 Å². The summed E-state index contributed by atoms with van der Waals surface area (Å²) in [5.41, 5.74) is 2.30. The smallest absolute Gasteiger partial charge is 0.528 e. The van der Waals surface area contributed by atoms with E-state index in [-0.39, 0.29) is 47.0 Å². The SMILES string of the molecule is CN(C)S(=O)(=O)[N-]C(=O)c1cnn2ccc(N3CCC[C@@H]3c3cccc(F)c3)cc12.[Na+]. The van der Waals surface area contributed by atoms with Crippen molar-refractivity contribution in [2.24, 2.45) is 0 Å². The number of anilines is 1. The minimum atomic E-state index is -4.04. The molecule has 1 fully saturated rings. The number of carbonyl (C=O) groups is 1. The largest absolute Gasteiger partial charge is 1.00 e. The monoisotopic (exact) mass is 453 g/mol. The van der Waals surface area contributed by atoms with E-state index < -0.39 is 16.1 Å². The molecule has 11 heteroatoms. The molecule has 2 aromatic heterocycles. The molecule has 1 saturated heterocycles. The van der Waals surface area contributed by atoms with Crippen LogP contribution in [0, 0.1) is 5.82 Å². The number of fused-ring (bicyclic) bond motifs is 1. The number of hydrogen-bond donors (Lipinski definition) is 0. The molecule has 0 bridgehead atoms. The molecule has 158 valence electrons. The van der Waals surface area contributed by atoms with Gasteiger partial charge >= 0.3 is 29.6 Å². The number of pyridine rings is 1. The first-order chi connectivity index (χ1) is 14.3. The Morgan fingerprint density at radius 2 is 2.03 bits per heavy atom. The van der Waals surface area contributed by atoms with Crippen LogP contribution in [0.15, 0.2) is 48.8 Å². The van der Waals surface area contributed by atoms with Crippen LogP contribution in [0.3, 0.4) is 0 Å². The van der Waals surface area contributed by atoms with Gasteiger partial charge in [0.1, 0.15) is 5.82 Å². The zero-order chi connectivity index (χ0) is 21.5. The molecule has 0 saturated carbocycles. The number of halogens is 1. The Labute approximate surface area is 202 Å². The summed E-state index contributed by atoms with van der Waals surface area (Å²) < 4.78 is 43.3. The van der Waals surface area contributed by atoms with Gasteiger partial charge in [-0.05, 0) is 42.7 Å². The number of nitrogens with zero attached hydrogens (tertiary/aromatic N) is 5. The van der Waals surface area contributed by atoms with Gasteiger partial charge in [-0.2, -0.15) is 5.10 Å². The molecule has 0 N–H and O–H groups in total. The molecule has 8 nitrogen and oxygen atoms in total. The Balaban J connectivity index is 0.00000272. The van der Waals surface area contributed by atoms with Gasteiger partial charge in [-0.3, -0.25) is 0 Å². The molecular formula is C20H21FN5NaO3S. The van der Waals surface area contributed by atoms with Crippen molar-refractivity contribution in [2.45, 2.75) is 18.9 Å². The second kappa shape index (κ2) is 9.25. The molecule has 31 heavy (non-hydrogen) atoms. The Bertz CT molecular complexity index is 1210. The summed E-state index contributed by atoms with van der Waals surface area (Å²) in [6.45, 7) is 0.786. The third-order valence-electron chi connectivity index (χ3n) is 5.21. The van der Waals surface area contributed by atoms with Crippen molar-refractivity contribution in [1.29, 1.82) is 0 Å². The minimum absolute atomic E-state index is 0. The first-order valence-electron chi connectivity index (χ1n) is 9.45. The van der Waals surface area contributed by atoms with Crippen molar-refractivity contribution < 1.29 is 47.2 Å². The summed E-state index contributed by atoms with van der Waals surface area (Å²) >= 11 is 0. The van der Waals surface area contributed by atoms with E-state index in [0.29, 0.717) is 5.52 Å². The van der Waals surface area contributed by atoms with Gasteiger partial charge in [0.25, 0.3) is 0 Å². The second-order valence-corrected chi connectivity index (χ2v) is 9.14. The van der Waals surface area contributed by atoms with Crippen LogP contribution in [0.5, 0.6) is 0 Å². The zero-order valence-corrected chi connectivity index (χ0v) is 20.4. The third-order valence-corrected chi connectivity index (χ3v) is 6.53. The summed E-state index contributed by atoms with van der Waals surface area (Å²) in [6, 6.07) is 10.2. The number of amides is 1. The summed E-state index contributed by atoms with van der Waals surface area (Å²) in [5, 5.41) is 4.13. The average molecular weight is 453 g/mol. The van der Waals surface area contributed by atoms with Crippen molar-refractivity contribution in [3.63, 3.8) is 0 Å². The second-order valence-electron chi connectivity index (χ2n) is 7.34. The van der Waals surface area contributed by atoms with Crippen LogP contribution < -0.4 is 34.5 Å². The van der Waals surface area contributed by atoms with Crippen LogP contribution in [0.1, 0.15) is 34.8 Å². The van der Waals surface area contributed by atoms with Gasteiger partial charge in [0, 0.05) is 38.1 Å². The van der Waals surface area contributed by atoms with Crippen LogP contribution in [0.2, 0.25) is 0 Å². The Kier molecular flexibility index (Phi) is 7.07. The van der Waals surface area contributed by atoms with E-state index in [1.165, 1.54) is 30.9 Å². The standard InChI is InChI=1S/C20H22FN5O3S.Na/c1-24(2)30(28,29)23-20(27)17-13-22-26-10-8-16(12-19(17)26)25-9-4-7-18(25)14-5-3-6-15(21)11-14;/h3,5-6,8,10-13,18H,4,7,9H2,1-2H3,(H,23,27);/q;+1/p-1/t18-;/m1./s1. The predicted octanol–water partition coefficient (Wildman–Crippen LogP) is 0.139. The number of carbonyl (C=O) groups excluding carboxylic acids is 1. The Morgan fingerprint density at radius 1 is 1.26 bits per heavy atom. The van der Waals surface area contributed by atoms with Crippen molar-refractivity contribution in [3.8, 4) is 0 Å². The molecule has 1 aromatic carbocycles. The first kappa shape index (κ1) is 23.7. The van der Waals surface area contributed by atoms with Crippen LogP contribution in [-0.4, -0.2) is 48.9 Å². The molecule has 0 radical (unpaired) electrons. The molecule has 3 heterocycles. The van der Waals surface area contributed by atoms with Gasteiger partial charge in [0.15, 0.2) is 10.2 Å². The van der Waals surface area contributed by atoms with Gasteiger partial charge in [-0.25, -0.2) is 21.6 Å². The van der Waals surface area contributed by atoms with Crippen molar-refractivity contribution >= 4 is 27.3 Å². The fourth-order valence-corrected chi connectivity index (χ4v) is 4.16. The van der Waals surface area contributed by atoms with Crippen molar-refractivity contribution in [2.75, 3.05) is 25.5 Å². The maximum Gasteiger partial charge on any atom is 1.00 e. The number of aromatic nitrogens is 2. The van der Waals surface area contributed by atoms with Gasteiger partial charge in [-0.15, -0.1) is 0 Å². The molecule has 4 rings (SSSR count). The van der Waals surface area contributed by atoms with Gasteiger partial charge in [-0.1, -0.05) is 12.1 Å². The quantitative estimate of drug-likeness (QED) is 0.513. The first-order valence-corrected chi connectivity index (χ1v) is 10.9. The van der Waals surface area contributed by atoms with E-state index in [1.807, 2.05) is 12.1 Å². The van der Waals surface area contributed by atoms with Crippen LogP contribution >= 0.6 is 0 Å². The summed E-state index contributed by atoms with van der Waals surface area (Å²) in [7, 11) is -1.43. The minimum Gasteiger partial charge on any atom is -0.528 e. The summed E-state index contributed by atoms with van der Waals surface area (Å²) in [6.07, 6.45) is 4.86. The molecular weight excluding hydrogens is 432 g/mol. The number of hydrogen-bond acceptors (Lipinski definition) is 5. The average Bonchev–Trinajstić information content (AvgIpc) is 3.34. The topological polar surface area (TPSA) is 89.1 Å². The maximum absolute atomic E-state index is 13.7. The Hall–Kier alpha value is -1.98. The molecule has 1 aliphatic heterocycles. The van der Waals surface area contributed by atoms with E-state index in [0.717, 1.165) is 34.9 Å². The van der Waals surface area contributed by atoms with E-state index in [9.17, 15) is 17.6 Å². The molecule has 0 aliphatic carbocycles. The summed E-state index contributed by atoms with van der Waals surface area (Å²) in [4.78, 5) is 14.7. The molecule has 3 aromatic rings. The van der Waals surface area contributed by atoms with Gasteiger partial charge in [0.2, 0.25) is 0 Å². The predicted molar refractivity (Wildman–Crippen MR) is 111 cm³/mol. The van der Waals surface area contributed by atoms with Gasteiger partial charge < -0.3 is 14.4 Å². The molecule has 0 spiro atoms. The van der Waals surface area contributed by atoms with Crippen molar-refractivity contribution in [1.82, 2.24) is 13.9 Å². The summed E-state index contributed by atoms with van der Waals surface area (Å²) in [5.74, 6) is -1.15. The van der Waals surface area contributed by atoms with E-state index in [2.05, 4.69) is 14.7 Å². The Morgan fingerprint density at radius 3 is 2.74 bits per heavy atom. The van der Waals surface area contributed by atoms with Crippen LogP contribution in [0.25, 0.3) is 10.2 Å². The van der Waals surface area contributed by atoms with E-state index in [4.69, 9.17) is 0 Å². The fourth-order valence-electron chi connectivity index (χ4n) is 3.68. The zero-order valence-electron chi connectivity index (χ0n) is 17.6. The van der Waals surface area contributed by atoms with E-state index >= 15 is 0 Å². The number of benzene rings is 1. The molecule has 1 amide bonds. The number of rotatable bonds is 5. The van der Waals surface area contributed by atoms with Crippen LogP contribution in [-0.2, 0) is 10.2 Å². The molecule has 1 aliphatic rings. The van der Waals surface area contributed by atoms with Gasteiger partial charge in [0.05, 0.1) is 23.7 Å². The van der Waals surface area contributed by atoms with Crippen molar-refractivity contribution in [3.05, 3.63) is 70.5 Å². The maximum atomic E-state index is 13.7. The van der Waals surface area contributed by atoms with E-state index in [1.54, 1.807) is 24.4 Å². The fraction of sp³-hybridized carbons (Fsp3) is 0.300. The normalized spacial score (nSPS) is 16.5.